The van der Waals surface area contributed by atoms with Crippen LogP contribution in [0.15, 0.2) is 42.5 Å². The summed E-state index contributed by atoms with van der Waals surface area (Å²) in [6, 6.07) is 10.6. The number of amides is 1. The maximum atomic E-state index is 11.8. The fraction of sp³-hybridized carbons (Fsp3) is 0.0667. The fourth-order valence-corrected chi connectivity index (χ4v) is 2.15. The van der Waals surface area contributed by atoms with Crippen molar-refractivity contribution in [2.75, 3.05) is 7.11 Å². The van der Waals surface area contributed by atoms with Crippen molar-refractivity contribution in [2.24, 2.45) is 0 Å². The molecule has 0 heterocycles. The van der Waals surface area contributed by atoms with E-state index in [1.165, 1.54) is 37.4 Å². The van der Waals surface area contributed by atoms with Gasteiger partial charge in [-0.2, -0.15) is 5.48 Å². The van der Waals surface area contributed by atoms with Crippen LogP contribution in [0.5, 0.6) is 5.75 Å². The number of ether oxygens (including phenoxy) is 1. The molecule has 0 aliphatic heterocycles. The summed E-state index contributed by atoms with van der Waals surface area (Å²) in [5, 5.41) is 0.585. The van der Waals surface area contributed by atoms with E-state index in [9.17, 15) is 9.59 Å². The van der Waals surface area contributed by atoms with Crippen LogP contribution in [-0.2, 0) is 4.84 Å². The molecule has 1 N–H and O–H groups in total. The smallest absolute Gasteiger partial charge is 0.363 e. The van der Waals surface area contributed by atoms with E-state index in [0.29, 0.717) is 21.4 Å². The maximum absolute atomic E-state index is 11.8. The molecule has 0 aliphatic rings. The number of hydrogen-bond acceptors (Lipinski definition) is 4. The molecule has 0 fully saturated rings. The molecule has 0 radical (unpaired) electrons. The number of rotatable bonds is 3. The number of hydrogen-bond donors (Lipinski definition) is 1. The number of halogens is 2. The molecule has 1 amide bonds. The number of carbonyl (C=O) groups is 2. The van der Waals surface area contributed by atoms with Crippen molar-refractivity contribution < 1.29 is 19.2 Å². The summed E-state index contributed by atoms with van der Waals surface area (Å²) >= 11 is 11.6. The Morgan fingerprint density at radius 3 is 2.09 bits per heavy atom. The molecule has 114 valence electrons. The molecule has 2 aromatic carbocycles. The van der Waals surface area contributed by atoms with Crippen molar-refractivity contribution in [3.63, 3.8) is 0 Å². The number of carbonyl (C=O) groups excluding carboxylic acids is 2. The number of benzene rings is 2. The minimum atomic E-state index is -0.772. The Hall–Kier alpha value is -2.24. The lowest BCUT2D eigenvalue weighted by Crippen LogP contribution is -2.27. The monoisotopic (exact) mass is 339 g/mol. The molecule has 2 rings (SSSR count). The minimum absolute atomic E-state index is 0.132. The zero-order valence-electron chi connectivity index (χ0n) is 11.4. The molecule has 7 heteroatoms. The molecule has 0 saturated carbocycles. The summed E-state index contributed by atoms with van der Waals surface area (Å²) in [7, 11) is 1.52. The van der Waals surface area contributed by atoms with Crippen molar-refractivity contribution in [1.29, 1.82) is 0 Å². The zero-order chi connectivity index (χ0) is 16.1. The van der Waals surface area contributed by atoms with E-state index < -0.39 is 11.9 Å². The van der Waals surface area contributed by atoms with Crippen LogP contribution in [0.25, 0.3) is 0 Å². The Kier molecular flexibility index (Phi) is 5.25. The average molecular weight is 340 g/mol. The van der Waals surface area contributed by atoms with Crippen molar-refractivity contribution in [2.45, 2.75) is 0 Å². The van der Waals surface area contributed by atoms with Gasteiger partial charge in [0.25, 0.3) is 5.91 Å². The van der Waals surface area contributed by atoms with Crippen LogP contribution < -0.4 is 10.2 Å². The Labute approximate surface area is 136 Å². The summed E-state index contributed by atoms with van der Waals surface area (Å²) in [6.07, 6.45) is 0. The van der Waals surface area contributed by atoms with Gasteiger partial charge < -0.3 is 9.57 Å². The first-order valence-corrected chi connectivity index (χ1v) is 6.87. The predicted molar refractivity (Wildman–Crippen MR) is 82.3 cm³/mol. The van der Waals surface area contributed by atoms with Gasteiger partial charge >= 0.3 is 5.97 Å². The second kappa shape index (κ2) is 7.15. The van der Waals surface area contributed by atoms with Gasteiger partial charge in [-0.15, -0.1) is 0 Å². The van der Waals surface area contributed by atoms with Crippen molar-refractivity contribution in [1.82, 2.24) is 5.48 Å². The van der Waals surface area contributed by atoms with Crippen molar-refractivity contribution >= 4 is 35.1 Å². The van der Waals surface area contributed by atoms with Crippen LogP contribution in [0.3, 0.4) is 0 Å². The number of nitrogens with one attached hydrogen (secondary N) is 1. The minimum Gasteiger partial charge on any atom is -0.497 e. The third-order valence-electron chi connectivity index (χ3n) is 2.69. The van der Waals surface area contributed by atoms with E-state index >= 15 is 0 Å². The SMILES string of the molecule is COc1ccc(C(=O)NOC(=O)c2cc(Cl)cc(Cl)c2)cc1. The Bertz CT molecular complexity index is 681. The molecule has 0 saturated heterocycles. The normalized spacial score (nSPS) is 9.95. The predicted octanol–water partition coefficient (Wildman–Crippen LogP) is 3.50. The number of methoxy groups -OCH3 is 1. The molecule has 2 aromatic rings. The number of hydroxylamine groups is 1. The average Bonchev–Trinajstić information content (AvgIpc) is 2.51. The quantitative estimate of drug-likeness (QED) is 0.869. The lowest BCUT2D eigenvalue weighted by Gasteiger charge is -2.07. The van der Waals surface area contributed by atoms with E-state index in [-0.39, 0.29) is 5.56 Å². The molecule has 0 aliphatic carbocycles. The van der Waals surface area contributed by atoms with Gasteiger partial charge in [-0.1, -0.05) is 23.2 Å². The lowest BCUT2D eigenvalue weighted by molar-refractivity contribution is 0.0230. The van der Waals surface area contributed by atoms with E-state index in [1.54, 1.807) is 12.1 Å². The first-order chi connectivity index (χ1) is 10.5. The summed E-state index contributed by atoms with van der Waals surface area (Å²) in [5.74, 6) is -0.725. The van der Waals surface area contributed by atoms with Gasteiger partial charge in [-0.05, 0) is 42.5 Å². The Morgan fingerprint density at radius 2 is 1.55 bits per heavy atom. The first kappa shape index (κ1) is 16.1. The second-order valence-electron chi connectivity index (χ2n) is 4.21. The van der Waals surface area contributed by atoms with Crippen LogP contribution in [0, 0.1) is 0 Å². The molecular weight excluding hydrogens is 329 g/mol. The molecule has 0 atom stereocenters. The van der Waals surface area contributed by atoms with Crippen LogP contribution in [-0.4, -0.2) is 19.0 Å². The highest BCUT2D eigenvalue weighted by molar-refractivity contribution is 6.35. The Morgan fingerprint density at radius 1 is 0.955 bits per heavy atom. The summed E-state index contributed by atoms with van der Waals surface area (Å²) in [4.78, 5) is 28.4. The fourth-order valence-electron chi connectivity index (χ4n) is 1.62. The van der Waals surface area contributed by atoms with Crippen LogP contribution in [0.4, 0.5) is 0 Å². The van der Waals surface area contributed by atoms with Crippen LogP contribution >= 0.6 is 23.2 Å². The molecule has 0 aromatic heterocycles. The van der Waals surface area contributed by atoms with Gasteiger partial charge in [-0.25, -0.2) is 4.79 Å². The summed E-state index contributed by atoms with van der Waals surface area (Å²) in [5.41, 5.74) is 2.51. The zero-order valence-corrected chi connectivity index (χ0v) is 12.9. The molecular formula is C15H11Cl2NO4. The van der Waals surface area contributed by atoms with Gasteiger partial charge in [0.2, 0.25) is 0 Å². The van der Waals surface area contributed by atoms with E-state index in [1.807, 2.05) is 0 Å². The third kappa shape index (κ3) is 4.13. The highest BCUT2D eigenvalue weighted by atomic mass is 35.5. The largest absolute Gasteiger partial charge is 0.497 e. The third-order valence-corrected chi connectivity index (χ3v) is 3.12. The van der Waals surface area contributed by atoms with E-state index in [0.717, 1.165) is 0 Å². The maximum Gasteiger partial charge on any atom is 0.363 e. The van der Waals surface area contributed by atoms with Gasteiger partial charge in [0.15, 0.2) is 0 Å². The lowest BCUT2D eigenvalue weighted by atomic mass is 10.2. The van der Waals surface area contributed by atoms with Gasteiger partial charge in [-0.3, -0.25) is 4.79 Å². The first-order valence-electron chi connectivity index (χ1n) is 6.11. The summed E-state index contributed by atoms with van der Waals surface area (Å²) < 4.78 is 4.99. The second-order valence-corrected chi connectivity index (χ2v) is 5.08. The molecule has 0 unspecified atom stereocenters. The molecule has 5 nitrogen and oxygen atoms in total. The van der Waals surface area contributed by atoms with Crippen LogP contribution in [0.1, 0.15) is 20.7 Å². The van der Waals surface area contributed by atoms with Gasteiger partial charge in [0.1, 0.15) is 5.75 Å². The van der Waals surface area contributed by atoms with E-state index in [4.69, 9.17) is 32.8 Å². The molecule has 22 heavy (non-hydrogen) atoms. The van der Waals surface area contributed by atoms with Crippen LogP contribution in [0.2, 0.25) is 10.0 Å². The standard InChI is InChI=1S/C15H11Cl2NO4/c1-21-13-4-2-9(3-5-13)14(19)18-22-15(20)10-6-11(16)8-12(17)7-10/h2-8H,1H3,(H,18,19). The highest BCUT2D eigenvalue weighted by Gasteiger charge is 2.13. The topological polar surface area (TPSA) is 64.6 Å². The van der Waals surface area contributed by atoms with Crippen molar-refractivity contribution in [3.05, 3.63) is 63.6 Å². The van der Waals surface area contributed by atoms with E-state index in [2.05, 4.69) is 5.48 Å². The molecule has 0 spiro atoms. The highest BCUT2D eigenvalue weighted by Crippen LogP contribution is 2.19. The Balaban J connectivity index is 1.99. The van der Waals surface area contributed by atoms with Crippen molar-refractivity contribution in [3.8, 4) is 5.75 Å². The summed E-state index contributed by atoms with van der Waals surface area (Å²) in [6.45, 7) is 0. The van der Waals surface area contributed by atoms with Gasteiger partial charge in [0.05, 0.1) is 12.7 Å². The van der Waals surface area contributed by atoms with Gasteiger partial charge in [0, 0.05) is 15.6 Å². The molecule has 0 bridgehead atoms.